The van der Waals surface area contributed by atoms with Gasteiger partial charge in [0.2, 0.25) is 0 Å². The van der Waals surface area contributed by atoms with Crippen LogP contribution < -0.4 is 4.31 Å². The van der Waals surface area contributed by atoms with E-state index in [0.717, 1.165) is 9.87 Å². The number of carbonyl (C=O) groups is 2. The highest BCUT2D eigenvalue weighted by Crippen LogP contribution is 2.31. The fraction of sp³-hybridized carbons (Fsp3) is 0.120. The van der Waals surface area contributed by atoms with Crippen LogP contribution in [0.4, 0.5) is 5.69 Å². The predicted molar refractivity (Wildman–Crippen MR) is 131 cm³/mol. The van der Waals surface area contributed by atoms with Crippen LogP contribution in [-0.4, -0.2) is 38.5 Å². The van der Waals surface area contributed by atoms with Gasteiger partial charge < -0.3 is 4.74 Å². The number of aryl methyl sites for hydroxylation is 1. The first-order chi connectivity index (χ1) is 16.2. The van der Waals surface area contributed by atoms with E-state index in [1.165, 1.54) is 36.1 Å². The van der Waals surface area contributed by atoms with E-state index in [-0.39, 0.29) is 21.2 Å². The van der Waals surface area contributed by atoms with Crippen LogP contribution in [0.2, 0.25) is 5.02 Å². The third-order valence-electron chi connectivity index (χ3n) is 5.39. The standard InChI is InChI=1S/C25H21ClN2O5S/c1-17-11-13-18(14-12-17)34(31,32)28(23-10-6-4-8-21(23)26)16-24(29)27-15-20(25(30)33-2)19-7-3-5-9-22(19)27/h3-15H,16H2,1-2H3. The van der Waals surface area contributed by atoms with Crippen LogP contribution in [0, 0.1) is 6.92 Å². The van der Waals surface area contributed by atoms with Crippen molar-refractivity contribution in [3.05, 3.63) is 95.1 Å². The minimum atomic E-state index is -4.14. The highest BCUT2D eigenvalue weighted by atomic mass is 35.5. The number of sulfonamides is 1. The topological polar surface area (TPSA) is 85.7 Å². The van der Waals surface area contributed by atoms with Crippen LogP contribution in [0.25, 0.3) is 10.9 Å². The van der Waals surface area contributed by atoms with Crippen molar-refractivity contribution in [2.75, 3.05) is 18.0 Å². The van der Waals surface area contributed by atoms with Gasteiger partial charge in [0, 0.05) is 11.6 Å². The normalized spacial score (nSPS) is 11.4. The number of hydrogen-bond acceptors (Lipinski definition) is 5. The molecule has 3 aromatic carbocycles. The average molecular weight is 497 g/mol. The molecule has 0 saturated heterocycles. The first-order valence-electron chi connectivity index (χ1n) is 10.3. The largest absolute Gasteiger partial charge is 0.465 e. The second-order valence-corrected chi connectivity index (χ2v) is 9.86. The van der Waals surface area contributed by atoms with Gasteiger partial charge in [-0.05, 0) is 37.3 Å². The SMILES string of the molecule is COC(=O)c1cn(C(=O)CN(c2ccccc2Cl)S(=O)(=O)c2ccc(C)cc2)c2ccccc12. The van der Waals surface area contributed by atoms with Gasteiger partial charge in [-0.15, -0.1) is 0 Å². The average Bonchev–Trinajstić information content (AvgIpc) is 3.22. The van der Waals surface area contributed by atoms with Crippen molar-refractivity contribution in [2.24, 2.45) is 0 Å². The number of benzene rings is 3. The van der Waals surface area contributed by atoms with E-state index >= 15 is 0 Å². The zero-order valence-corrected chi connectivity index (χ0v) is 20.0. The number of anilines is 1. The number of carbonyl (C=O) groups excluding carboxylic acids is 2. The van der Waals surface area contributed by atoms with Crippen molar-refractivity contribution in [1.29, 1.82) is 0 Å². The van der Waals surface area contributed by atoms with Gasteiger partial charge in [0.15, 0.2) is 0 Å². The molecule has 34 heavy (non-hydrogen) atoms. The number of hydrogen-bond donors (Lipinski definition) is 0. The number of nitrogens with zero attached hydrogens (tertiary/aromatic N) is 2. The van der Waals surface area contributed by atoms with Gasteiger partial charge in [-0.1, -0.05) is 59.6 Å². The quantitative estimate of drug-likeness (QED) is 0.353. The van der Waals surface area contributed by atoms with Crippen molar-refractivity contribution in [3.63, 3.8) is 0 Å². The molecule has 9 heteroatoms. The molecule has 0 amide bonds. The fourth-order valence-electron chi connectivity index (χ4n) is 3.65. The van der Waals surface area contributed by atoms with Crippen LogP contribution in [-0.2, 0) is 14.8 Å². The smallest absolute Gasteiger partial charge is 0.340 e. The summed E-state index contributed by atoms with van der Waals surface area (Å²) in [4.78, 5) is 25.8. The summed E-state index contributed by atoms with van der Waals surface area (Å²) in [6.45, 7) is 1.31. The summed E-state index contributed by atoms with van der Waals surface area (Å²) in [6, 6.07) is 19.6. The lowest BCUT2D eigenvalue weighted by molar-refractivity contribution is 0.0603. The van der Waals surface area contributed by atoms with Crippen LogP contribution in [0.1, 0.15) is 20.7 Å². The lowest BCUT2D eigenvalue weighted by atomic mass is 10.2. The molecule has 1 heterocycles. The first kappa shape index (κ1) is 23.5. The number of para-hydroxylation sites is 2. The molecular weight excluding hydrogens is 476 g/mol. The molecule has 7 nitrogen and oxygen atoms in total. The summed E-state index contributed by atoms with van der Waals surface area (Å²) in [5.41, 5.74) is 1.73. The van der Waals surface area contributed by atoms with Crippen LogP contribution >= 0.6 is 11.6 Å². The summed E-state index contributed by atoms with van der Waals surface area (Å²) in [5.74, 6) is -1.17. The highest BCUT2D eigenvalue weighted by molar-refractivity contribution is 7.92. The van der Waals surface area contributed by atoms with Crippen molar-refractivity contribution in [3.8, 4) is 0 Å². The zero-order chi connectivity index (χ0) is 24.5. The van der Waals surface area contributed by atoms with Crippen molar-refractivity contribution < 1.29 is 22.7 Å². The molecule has 0 radical (unpaired) electrons. The van der Waals surface area contributed by atoms with Gasteiger partial charge >= 0.3 is 5.97 Å². The molecule has 174 valence electrons. The number of halogens is 1. The Labute approximate surface area is 202 Å². The van der Waals surface area contributed by atoms with E-state index in [1.807, 2.05) is 6.92 Å². The van der Waals surface area contributed by atoms with Crippen LogP contribution in [0.5, 0.6) is 0 Å². The second-order valence-electron chi connectivity index (χ2n) is 7.59. The molecule has 1 aromatic heterocycles. The van der Waals surface area contributed by atoms with Crippen molar-refractivity contribution in [1.82, 2.24) is 4.57 Å². The minimum absolute atomic E-state index is 0.0263. The molecular formula is C25H21ClN2O5S. The summed E-state index contributed by atoms with van der Waals surface area (Å²) >= 11 is 6.34. The number of methoxy groups -OCH3 is 1. The Bertz CT molecular complexity index is 1490. The maximum Gasteiger partial charge on any atom is 0.340 e. The van der Waals surface area contributed by atoms with Gasteiger partial charge in [-0.25, -0.2) is 13.2 Å². The van der Waals surface area contributed by atoms with E-state index < -0.39 is 28.4 Å². The zero-order valence-electron chi connectivity index (χ0n) is 18.4. The fourth-order valence-corrected chi connectivity index (χ4v) is 5.37. The lowest BCUT2D eigenvalue weighted by Gasteiger charge is -2.25. The van der Waals surface area contributed by atoms with Gasteiger partial charge in [-0.2, -0.15) is 0 Å². The molecule has 0 fully saturated rings. The maximum absolute atomic E-state index is 13.6. The van der Waals surface area contributed by atoms with Crippen LogP contribution in [0.3, 0.4) is 0 Å². The number of rotatable bonds is 6. The lowest BCUT2D eigenvalue weighted by Crippen LogP contribution is -2.37. The monoisotopic (exact) mass is 496 g/mol. The Balaban J connectivity index is 1.82. The molecule has 0 aliphatic carbocycles. The molecule has 0 unspecified atom stereocenters. The van der Waals surface area contributed by atoms with E-state index in [4.69, 9.17) is 16.3 Å². The Morgan fingerprint density at radius 2 is 1.62 bits per heavy atom. The summed E-state index contributed by atoms with van der Waals surface area (Å²) in [7, 11) is -2.89. The molecule has 0 spiro atoms. The molecule has 0 aliphatic rings. The van der Waals surface area contributed by atoms with E-state index in [9.17, 15) is 18.0 Å². The molecule has 0 atom stereocenters. The molecule has 0 bridgehead atoms. The number of esters is 1. The molecule has 4 aromatic rings. The molecule has 0 saturated carbocycles. The van der Waals surface area contributed by atoms with E-state index in [0.29, 0.717) is 10.9 Å². The van der Waals surface area contributed by atoms with E-state index in [1.54, 1.807) is 54.6 Å². The van der Waals surface area contributed by atoms with Gasteiger partial charge in [0.1, 0.15) is 6.54 Å². The Hall–Kier alpha value is -3.62. The summed E-state index contributed by atoms with van der Waals surface area (Å²) < 4.78 is 34.3. The Morgan fingerprint density at radius 3 is 2.29 bits per heavy atom. The number of ether oxygens (including phenoxy) is 1. The summed E-state index contributed by atoms with van der Waals surface area (Å²) in [5, 5.41) is 0.701. The predicted octanol–water partition coefficient (Wildman–Crippen LogP) is 4.93. The van der Waals surface area contributed by atoms with Crippen molar-refractivity contribution >= 4 is 50.1 Å². The van der Waals surface area contributed by atoms with Crippen molar-refractivity contribution in [2.45, 2.75) is 11.8 Å². The van der Waals surface area contributed by atoms with Gasteiger partial charge in [0.25, 0.3) is 15.9 Å². The minimum Gasteiger partial charge on any atom is -0.465 e. The Morgan fingerprint density at radius 1 is 0.971 bits per heavy atom. The molecule has 4 rings (SSSR count). The van der Waals surface area contributed by atoms with Gasteiger partial charge in [0.05, 0.1) is 33.8 Å². The van der Waals surface area contributed by atoms with Gasteiger partial charge in [-0.3, -0.25) is 13.7 Å². The third kappa shape index (κ3) is 4.30. The highest BCUT2D eigenvalue weighted by Gasteiger charge is 2.30. The molecule has 0 N–H and O–H groups in total. The third-order valence-corrected chi connectivity index (χ3v) is 7.49. The second kappa shape index (κ2) is 9.32. The van der Waals surface area contributed by atoms with Crippen LogP contribution in [0.15, 0.2) is 83.9 Å². The number of aromatic nitrogens is 1. The Kier molecular flexibility index (Phi) is 6.45. The summed E-state index contributed by atoms with van der Waals surface area (Å²) in [6.07, 6.45) is 1.36. The first-order valence-corrected chi connectivity index (χ1v) is 12.1. The number of fused-ring (bicyclic) bond motifs is 1. The maximum atomic E-state index is 13.6. The van der Waals surface area contributed by atoms with E-state index in [2.05, 4.69) is 0 Å². The molecule has 0 aliphatic heterocycles.